The van der Waals surface area contributed by atoms with Gasteiger partial charge in [0.15, 0.2) is 5.69 Å². The molecule has 0 amide bonds. The molecule has 0 aliphatic heterocycles. The van der Waals surface area contributed by atoms with Crippen LogP contribution in [-0.2, 0) is 0 Å². The molecule has 2 rings (SSSR count). The largest absolute Gasteiger partial charge is 0.476 e. The molecule has 0 bridgehead atoms. The van der Waals surface area contributed by atoms with Gasteiger partial charge in [0.05, 0.1) is 0 Å². The molecule has 0 fully saturated rings. The Kier molecular flexibility index (Phi) is 3.31. The fraction of sp³-hybridized carbons (Fsp3) is 0.167. The molecule has 1 N–H and O–H groups in total. The molecule has 5 heteroatoms. The molecule has 0 aliphatic rings. The van der Waals surface area contributed by atoms with Crippen molar-refractivity contribution in [3.05, 3.63) is 38.8 Å². The summed E-state index contributed by atoms with van der Waals surface area (Å²) in [5, 5.41) is 11.1. The van der Waals surface area contributed by atoms with Gasteiger partial charge in [-0.15, -0.1) is 11.3 Å². The van der Waals surface area contributed by atoms with Crippen LogP contribution in [0.3, 0.4) is 0 Å². The van der Waals surface area contributed by atoms with Crippen LogP contribution in [0.15, 0.2) is 22.0 Å². The lowest BCUT2D eigenvalue weighted by atomic mass is 10.1. The van der Waals surface area contributed by atoms with E-state index < -0.39 is 5.97 Å². The van der Waals surface area contributed by atoms with Crippen molar-refractivity contribution >= 4 is 33.2 Å². The fourth-order valence-corrected chi connectivity index (χ4v) is 2.58. The average molecular weight is 312 g/mol. The minimum absolute atomic E-state index is 0.100. The van der Waals surface area contributed by atoms with Gasteiger partial charge in [0.25, 0.3) is 0 Å². The van der Waals surface area contributed by atoms with Crippen LogP contribution in [0.25, 0.3) is 10.6 Å². The monoisotopic (exact) mass is 311 g/mol. The number of rotatable bonds is 2. The van der Waals surface area contributed by atoms with E-state index in [0.29, 0.717) is 0 Å². The Morgan fingerprint density at radius 2 is 1.94 bits per heavy atom. The molecule has 1 aromatic heterocycles. The van der Waals surface area contributed by atoms with E-state index in [-0.39, 0.29) is 5.69 Å². The number of carbonyl (C=O) groups is 1. The Morgan fingerprint density at radius 3 is 2.41 bits per heavy atom. The number of nitrogens with zero attached hydrogens (tertiary/aromatic N) is 1. The highest BCUT2D eigenvalue weighted by molar-refractivity contribution is 9.10. The number of halogens is 1. The number of benzene rings is 1. The smallest absolute Gasteiger partial charge is 0.355 e. The first-order chi connectivity index (χ1) is 7.99. The van der Waals surface area contributed by atoms with E-state index in [1.807, 2.05) is 26.0 Å². The van der Waals surface area contributed by atoms with Crippen LogP contribution in [0.2, 0.25) is 0 Å². The summed E-state index contributed by atoms with van der Waals surface area (Å²) in [5.74, 6) is -0.988. The standard InChI is InChI=1S/C12H10BrNO2S/c1-6-3-8(4-7(2)10(6)13)11-14-9(5-17-11)12(15)16/h3-5H,1-2H3,(H,15,16). The number of aromatic carboxylic acids is 1. The van der Waals surface area contributed by atoms with Crippen molar-refractivity contribution in [2.24, 2.45) is 0 Å². The first-order valence-electron chi connectivity index (χ1n) is 4.95. The minimum Gasteiger partial charge on any atom is -0.476 e. The molecule has 0 unspecified atom stereocenters. The summed E-state index contributed by atoms with van der Waals surface area (Å²) in [6.45, 7) is 4.01. The van der Waals surface area contributed by atoms with Crippen LogP contribution in [-0.4, -0.2) is 16.1 Å². The van der Waals surface area contributed by atoms with Gasteiger partial charge in [-0.3, -0.25) is 0 Å². The van der Waals surface area contributed by atoms with E-state index in [9.17, 15) is 4.79 Å². The highest BCUT2D eigenvalue weighted by Gasteiger charge is 2.11. The van der Waals surface area contributed by atoms with Crippen molar-refractivity contribution in [3.63, 3.8) is 0 Å². The topological polar surface area (TPSA) is 50.2 Å². The lowest BCUT2D eigenvalue weighted by Crippen LogP contribution is -1.95. The molecule has 0 radical (unpaired) electrons. The van der Waals surface area contributed by atoms with Gasteiger partial charge >= 0.3 is 5.97 Å². The van der Waals surface area contributed by atoms with Crippen molar-refractivity contribution in [1.82, 2.24) is 4.98 Å². The average Bonchev–Trinajstić information content (AvgIpc) is 2.74. The van der Waals surface area contributed by atoms with Gasteiger partial charge in [0, 0.05) is 15.4 Å². The van der Waals surface area contributed by atoms with Gasteiger partial charge in [-0.2, -0.15) is 0 Å². The van der Waals surface area contributed by atoms with Gasteiger partial charge < -0.3 is 5.11 Å². The molecule has 0 atom stereocenters. The Balaban J connectivity index is 2.49. The number of thiazole rings is 1. The van der Waals surface area contributed by atoms with Crippen LogP contribution in [0.4, 0.5) is 0 Å². The highest BCUT2D eigenvalue weighted by Crippen LogP contribution is 2.30. The SMILES string of the molecule is Cc1cc(-c2nc(C(=O)O)cs2)cc(C)c1Br. The first-order valence-corrected chi connectivity index (χ1v) is 6.62. The number of carboxylic acids is 1. The third kappa shape index (κ3) is 2.40. The number of aromatic nitrogens is 1. The zero-order valence-electron chi connectivity index (χ0n) is 9.32. The molecule has 1 aromatic carbocycles. The molecule has 88 valence electrons. The Bertz CT molecular complexity index is 569. The second kappa shape index (κ2) is 4.58. The lowest BCUT2D eigenvalue weighted by Gasteiger charge is -2.05. The third-order valence-corrected chi connectivity index (χ3v) is 4.55. The van der Waals surface area contributed by atoms with E-state index in [4.69, 9.17) is 5.11 Å². The summed E-state index contributed by atoms with van der Waals surface area (Å²) in [6.07, 6.45) is 0. The number of hydrogen-bond donors (Lipinski definition) is 1. The van der Waals surface area contributed by atoms with E-state index in [0.717, 1.165) is 26.2 Å². The molecule has 0 saturated carbocycles. The molecule has 3 nitrogen and oxygen atoms in total. The molecule has 17 heavy (non-hydrogen) atoms. The van der Waals surface area contributed by atoms with E-state index in [1.165, 1.54) is 11.3 Å². The fourth-order valence-electron chi connectivity index (χ4n) is 1.57. The second-order valence-electron chi connectivity index (χ2n) is 3.77. The summed E-state index contributed by atoms with van der Waals surface area (Å²) in [4.78, 5) is 14.9. The summed E-state index contributed by atoms with van der Waals surface area (Å²) >= 11 is 4.85. The first kappa shape index (κ1) is 12.3. The zero-order chi connectivity index (χ0) is 12.6. The maximum Gasteiger partial charge on any atom is 0.355 e. The van der Waals surface area contributed by atoms with Crippen molar-refractivity contribution < 1.29 is 9.90 Å². The van der Waals surface area contributed by atoms with Crippen LogP contribution in [0.1, 0.15) is 21.6 Å². The van der Waals surface area contributed by atoms with Gasteiger partial charge in [0.1, 0.15) is 5.01 Å². The van der Waals surface area contributed by atoms with Crippen LogP contribution < -0.4 is 0 Å². The lowest BCUT2D eigenvalue weighted by molar-refractivity contribution is 0.0691. The van der Waals surface area contributed by atoms with Crippen molar-refractivity contribution in [1.29, 1.82) is 0 Å². The minimum atomic E-state index is -0.988. The molecule has 0 saturated heterocycles. The van der Waals surface area contributed by atoms with Gasteiger partial charge in [-0.1, -0.05) is 15.9 Å². The van der Waals surface area contributed by atoms with Crippen LogP contribution in [0, 0.1) is 13.8 Å². The number of aryl methyl sites for hydroxylation is 2. The Hall–Kier alpha value is -1.20. The quantitative estimate of drug-likeness (QED) is 0.915. The van der Waals surface area contributed by atoms with Crippen molar-refractivity contribution in [2.45, 2.75) is 13.8 Å². The van der Waals surface area contributed by atoms with E-state index in [1.54, 1.807) is 5.38 Å². The summed E-state index contributed by atoms with van der Waals surface area (Å²) in [6, 6.07) is 4.00. The summed E-state index contributed by atoms with van der Waals surface area (Å²) < 4.78 is 1.08. The van der Waals surface area contributed by atoms with Gasteiger partial charge in [0.2, 0.25) is 0 Å². The second-order valence-corrected chi connectivity index (χ2v) is 5.42. The Labute approximate surface area is 111 Å². The maximum absolute atomic E-state index is 10.8. The molecule has 2 aromatic rings. The van der Waals surface area contributed by atoms with Gasteiger partial charge in [-0.25, -0.2) is 9.78 Å². The number of hydrogen-bond acceptors (Lipinski definition) is 3. The molecule has 0 spiro atoms. The summed E-state index contributed by atoms with van der Waals surface area (Å²) in [7, 11) is 0. The third-order valence-electron chi connectivity index (χ3n) is 2.41. The van der Waals surface area contributed by atoms with Crippen molar-refractivity contribution in [3.8, 4) is 10.6 Å². The van der Waals surface area contributed by atoms with Crippen LogP contribution >= 0.6 is 27.3 Å². The maximum atomic E-state index is 10.8. The Morgan fingerprint density at radius 1 is 1.35 bits per heavy atom. The van der Waals surface area contributed by atoms with Gasteiger partial charge in [-0.05, 0) is 37.1 Å². The molecular formula is C12H10BrNO2S. The van der Waals surface area contributed by atoms with E-state index in [2.05, 4.69) is 20.9 Å². The normalized spacial score (nSPS) is 10.5. The highest BCUT2D eigenvalue weighted by atomic mass is 79.9. The molecule has 0 aliphatic carbocycles. The van der Waals surface area contributed by atoms with E-state index >= 15 is 0 Å². The predicted molar refractivity (Wildman–Crippen MR) is 71.7 cm³/mol. The molecule has 1 heterocycles. The predicted octanol–water partition coefficient (Wildman–Crippen LogP) is 3.89. The number of carboxylic acid groups (broad SMARTS) is 1. The van der Waals surface area contributed by atoms with Crippen molar-refractivity contribution in [2.75, 3.05) is 0 Å². The zero-order valence-corrected chi connectivity index (χ0v) is 11.7. The van der Waals surface area contributed by atoms with Crippen LogP contribution in [0.5, 0.6) is 0 Å². The summed E-state index contributed by atoms with van der Waals surface area (Å²) in [5.41, 5.74) is 3.29. The molecular weight excluding hydrogens is 302 g/mol.